The predicted molar refractivity (Wildman–Crippen MR) is 103 cm³/mol. The van der Waals surface area contributed by atoms with Crippen LogP contribution in [0.2, 0.25) is 0 Å². The smallest absolute Gasteiger partial charge is 0.326 e. The van der Waals surface area contributed by atoms with Crippen LogP contribution in [0.1, 0.15) is 39.5 Å². The molecule has 0 aromatic carbocycles. The molecule has 3 unspecified atom stereocenters. The number of carboxylic acids is 1. The van der Waals surface area contributed by atoms with Crippen LogP contribution >= 0.6 is 0 Å². The summed E-state index contributed by atoms with van der Waals surface area (Å²) in [7, 11) is 0. The number of guanidine groups is 1. The second kappa shape index (κ2) is 12.5. The molecule has 28 heavy (non-hydrogen) atoms. The molecule has 0 heterocycles. The van der Waals surface area contributed by atoms with Crippen LogP contribution in [-0.4, -0.2) is 59.4 Å². The molecule has 3 amide bonds. The summed E-state index contributed by atoms with van der Waals surface area (Å²) in [5.74, 6) is -3.53. The number of rotatable bonds is 13. The summed E-state index contributed by atoms with van der Waals surface area (Å²) in [5, 5.41) is 14.2. The highest BCUT2D eigenvalue weighted by molar-refractivity contribution is 5.92. The lowest BCUT2D eigenvalue weighted by atomic mass is 10.0. The Hall–Kier alpha value is -2.89. The van der Waals surface area contributed by atoms with Crippen LogP contribution in [0.3, 0.4) is 0 Å². The van der Waals surface area contributed by atoms with Crippen molar-refractivity contribution in [3.8, 4) is 0 Å². The zero-order chi connectivity index (χ0) is 21.9. The van der Waals surface area contributed by atoms with Crippen molar-refractivity contribution in [2.45, 2.75) is 57.7 Å². The first-order valence-electron chi connectivity index (χ1n) is 8.88. The van der Waals surface area contributed by atoms with Gasteiger partial charge in [-0.2, -0.15) is 0 Å². The van der Waals surface area contributed by atoms with Crippen LogP contribution in [0.25, 0.3) is 0 Å². The Morgan fingerprint density at radius 1 is 1.00 bits per heavy atom. The number of aliphatic imine (C=N–C) groups is 1. The van der Waals surface area contributed by atoms with Gasteiger partial charge in [-0.05, 0) is 25.2 Å². The number of carboxylic acid groups (broad SMARTS) is 1. The molecule has 0 rings (SSSR count). The summed E-state index contributed by atoms with van der Waals surface area (Å²) in [6.45, 7) is 3.60. The van der Waals surface area contributed by atoms with Gasteiger partial charge in [-0.1, -0.05) is 13.8 Å². The van der Waals surface area contributed by atoms with E-state index in [1.54, 1.807) is 13.8 Å². The minimum absolute atomic E-state index is 0.0378. The van der Waals surface area contributed by atoms with E-state index in [1.165, 1.54) is 0 Å². The maximum Gasteiger partial charge on any atom is 0.326 e. The summed E-state index contributed by atoms with van der Waals surface area (Å²) >= 11 is 0. The number of aliphatic carboxylic acids is 1. The van der Waals surface area contributed by atoms with E-state index in [1.807, 2.05) is 0 Å². The van der Waals surface area contributed by atoms with Gasteiger partial charge in [0.1, 0.15) is 12.1 Å². The Kier molecular flexibility index (Phi) is 11.2. The first-order valence-corrected chi connectivity index (χ1v) is 8.88. The second-order valence-electron chi connectivity index (χ2n) is 6.69. The fourth-order valence-electron chi connectivity index (χ4n) is 2.25. The largest absolute Gasteiger partial charge is 0.480 e. The highest BCUT2D eigenvalue weighted by Crippen LogP contribution is 2.06. The predicted octanol–water partition coefficient (Wildman–Crippen LogP) is -2.66. The summed E-state index contributed by atoms with van der Waals surface area (Å²) in [6, 6.07) is -3.17. The molecule has 0 aromatic rings. The quantitative estimate of drug-likeness (QED) is 0.0975. The fraction of sp³-hybridized carbons (Fsp3) is 0.688. The lowest BCUT2D eigenvalue weighted by Crippen LogP contribution is -2.56. The van der Waals surface area contributed by atoms with Crippen molar-refractivity contribution >= 4 is 29.7 Å². The number of primary amides is 1. The van der Waals surface area contributed by atoms with E-state index in [4.69, 9.17) is 22.9 Å². The highest BCUT2D eigenvalue weighted by Gasteiger charge is 2.29. The maximum absolute atomic E-state index is 12.5. The molecule has 12 nitrogen and oxygen atoms in total. The molecule has 0 aliphatic carbocycles. The number of hydrogen-bond donors (Lipinski definition) is 7. The molecule has 0 saturated heterocycles. The monoisotopic (exact) mass is 401 g/mol. The zero-order valence-corrected chi connectivity index (χ0v) is 16.2. The van der Waals surface area contributed by atoms with E-state index < -0.39 is 41.8 Å². The molecular formula is C16H31N7O5. The van der Waals surface area contributed by atoms with Crippen molar-refractivity contribution in [2.75, 3.05) is 6.54 Å². The topological polar surface area (TPSA) is 229 Å². The lowest BCUT2D eigenvalue weighted by Gasteiger charge is -2.25. The molecule has 0 spiro atoms. The van der Waals surface area contributed by atoms with Crippen molar-refractivity contribution in [3.05, 3.63) is 0 Å². The van der Waals surface area contributed by atoms with Gasteiger partial charge < -0.3 is 38.7 Å². The van der Waals surface area contributed by atoms with Crippen LogP contribution in [0, 0.1) is 5.92 Å². The van der Waals surface area contributed by atoms with E-state index in [0.29, 0.717) is 6.42 Å². The SMILES string of the molecule is CC(C)C(NC(=O)C(N)CCC(N)=O)C(=O)NC(CCCN=C(N)N)C(=O)O. The molecule has 0 bridgehead atoms. The molecule has 3 atom stereocenters. The van der Waals surface area contributed by atoms with Crippen LogP contribution in [0.5, 0.6) is 0 Å². The third kappa shape index (κ3) is 10.3. The molecule has 0 aromatic heterocycles. The number of hydrogen-bond acceptors (Lipinski definition) is 6. The average Bonchev–Trinajstić information content (AvgIpc) is 2.58. The fourth-order valence-corrected chi connectivity index (χ4v) is 2.25. The van der Waals surface area contributed by atoms with Gasteiger partial charge in [0.2, 0.25) is 17.7 Å². The molecule has 0 saturated carbocycles. The molecule has 0 aliphatic rings. The van der Waals surface area contributed by atoms with Gasteiger partial charge in [0.05, 0.1) is 6.04 Å². The van der Waals surface area contributed by atoms with E-state index in [-0.39, 0.29) is 37.7 Å². The van der Waals surface area contributed by atoms with Crippen molar-refractivity contribution in [2.24, 2.45) is 33.8 Å². The lowest BCUT2D eigenvalue weighted by molar-refractivity contribution is -0.142. The van der Waals surface area contributed by atoms with Gasteiger partial charge in [-0.3, -0.25) is 19.4 Å². The summed E-state index contributed by atoms with van der Waals surface area (Å²) < 4.78 is 0. The van der Waals surface area contributed by atoms with Crippen molar-refractivity contribution < 1.29 is 24.3 Å². The number of nitrogens with zero attached hydrogens (tertiary/aromatic N) is 1. The molecule has 0 radical (unpaired) electrons. The maximum atomic E-state index is 12.5. The van der Waals surface area contributed by atoms with Crippen LogP contribution in [0.15, 0.2) is 4.99 Å². The Labute approximate surface area is 163 Å². The minimum atomic E-state index is -1.22. The van der Waals surface area contributed by atoms with Gasteiger partial charge in [-0.15, -0.1) is 0 Å². The normalized spacial score (nSPS) is 13.9. The van der Waals surface area contributed by atoms with Gasteiger partial charge in [0.25, 0.3) is 0 Å². The van der Waals surface area contributed by atoms with E-state index in [0.717, 1.165) is 0 Å². The van der Waals surface area contributed by atoms with Crippen molar-refractivity contribution in [1.29, 1.82) is 0 Å². The molecule has 160 valence electrons. The molecule has 0 aliphatic heterocycles. The van der Waals surface area contributed by atoms with Crippen molar-refractivity contribution in [3.63, 3.8) is 0 Å². The summed E-state index contributed by atoms with van der Waals surface area (Å²) in [4.78, 5) is 50.6. The molecule has 11 N–H and O–H groups in total. The zero-order valence-electron chi connectivity index (χ0n) is 16.2. The minimum Gasteiger partial charge on any atom is -0.480 e. The van der Waals surface area contributed by atoms with Crippen molar-refractivity contribution in [1.82, 2.24) is 10.6 Å². The van der Waals surface area contributed by atoms with Crippen LogP contribution < -0.4 is 33.6 Å². The van der Waals surface area contributed by atoms with E-state index >= 15 is 0 Å². The molecular weight excluding hydrogens is 370 g/mol. The van der Waals surface area contributed by atoms with E-state index in [2.05, 4.69) is 15.6 Å². The Balaban J connectivity index is 4.88. The number of nitrogens with one attached hydrogen (secondary N) is 2. The van der Waals surface area contributed by atoms with Gasteiger partial charge in [0, 0.05) is 13.0 Å². The number of amides is 3. The third-order valence-electron chi connectivity index (χ3n) is 3.85. The van der Waals surface area contributed by atoms with Gasteiger partial charge >= 0.3 is 5.97 Å². The average molecular weight is 401 g/mol. The highest BCUT2D eigenvalue weighted by atomic mass is 16.4. The second-order valence-corrected chi connectivity index (χ2v) is 6.69. The first kappa shape index (κ1) is 25.1. The van der Waals surface area contributed by atoms with Crippen LogP contribution in [-0.2, 0) is 19.2 Å². The molecule has 0 fully saturated rings. The Bertz CT molecular complexity index is 590. The Morgan fingerprint density at radius 3 is 2.07 bits per heavy atom. The van der Waals surface area contributed by atoms with Gasteiger partial charge in [0.15, 0.2) is 5.96 Å². The third-order valence-corrected chi connectivity index (χ3v) is 3.85. The number of carbonyl (C=O) groups is 4. The standard InChI is InChI=1S/C16H31N7O5/c1-8(2)12(23-13(25)9(17)5-6-11(18)24)14(26)22-10(15(27)28)4-3-7-21-16(19)20/h8-10,12H,3-7,17H2,1-2H3,(H2,18,24)(H,22,26)(H,23,25)(H,27,28)(H4,19,20,21). The Morgan fingerprint density at radius 2 is 1.61 bits per heavy atom. The number of nitrogens with two attached hydrogens (primary N) is 4. The van der Waals surface area contributed by atoms with E-state index in [9.17, 15) is 24.3 Å². The summed E-state index contributed by atoms with van der Waals surface area (Å²) in [5.41, 5.74) is 21.1. The van der Waals surface area contributed by atoms with Crippen LogP contribution in [0.4, 0.5) is 0 Å². The number of carbonyl (C=O) groups excluding carboxylic acids is 3. The summed E-state index contributed by atoms with van der Waals surface area (Å²) in [6.07, 6.45) is 0.417. The first-order chi connectivity index (χ1) is 13.0. The molecule has 12 heteroatoms. The van der Waals surface area contributed by atoms with Gasteiger partial charge in [-0.25, -0.2) is 4.79 Å².